The summed E-state index contributed by atoms with van der Waals surface area (Å²) in [6.07, 6.45) is 1.38. The summed E-state index contributed by atoms with van der Waals surface area (Å²) in [4.78, 5) is 10.6. The standard InChI is InChI=1S/C7H14N2O4S/c1-3-5-6(7(10)11)9-14(12,13)8-4-2/h3,6,8-9H,1,4-5H2,2H3,(H,10,11). The van der Waals surface area contributed by atoms with Crippen LogP contribution in [0.2, 0.25) is 0 Å². The summed E-state index contributed by atoms with van der Waals surface area (Å²) in [5, 5.41) is 8.63. The number of aliphatic carboxylic acids is 1. The van der Waals surface area contributed by atoms with Gasteiger partial charge in [-0.3, -0.25) is 4.79 Å². The Bertz CT molecular complexity index is 299. The third-order valence-electron chi connectivity index (χ3n) is 1.33. The van der Waals surface area contributed by atoms with Gasteiger partial charge in [-0.05, 0) is 6.42 Å². The summed E-state index contributed by atoms with van der Waals surface area (Å²) in [5.41, 5.74) is 0. The van der Waals surface area contributed by atoms with Gasteiger partial charge in [-0.25, -0.2) is 4.72 Å². The summed E-state index contributed by atoms with van der Waals surface area (Å²) in [7, 11) is -3.73. The Hall–Kier alpha value is -0.920. The Morgan fingerprint density at radius 1 is 1.64 bits per heavy atom. The van der Waals surface area contributed by atoms with Crippen LogP contribution in [0.3, 0.4) is 0 Å². The first-order chi connectivity index (χ1) is 6.43. The van der Waals surface area contributed by atoms with Crippen LogP contribution in [-0.2, 0) is 15.0 Å². The zero-order chi connectivity index (χ0) is 11.2. The number of hydrogen-bond donors (Lipinski definition) is 3. The summed E-state index contributed by atoms with van der Waals surface area (Å²) in [6.45, 7) is 5.14. The Labute approximate surface area is 83.2 Å². The number of carboxylic acids is 1. The van der Waals surface area contributed by atoms with Crippen molar-refractivity contribution in [2.24, 2.45) is 0 Å². The van der Waals surface area contributed by atoms with Crippen molar-refractivity contribution in [2.45, 2.75) is 19.4 Å². The number of carboxylic acid groups (broad SMARTS) is 1. The van der Waals surface area contributed by atoms with Crippen molar-refractivity contribution >= 4 is 16.2 Å². The molecule has 0 amide bonds. The van der Waals surface area contributed by atoms with E-state index in [0.717, 1.165) is 0 Å². The van der Waals surface area contributed by atoms with Crippen molar-refractivity contribution in [1.29, 1.82) is 0 Å². The molecule has 0 aromatic carbocycles. The van der Waals surface area contributed by atoms with Crippen LogP contribution in [-0.4, -0.2) is 32.1 Å². The molecule has 0 radical (unpaired) electrons. The van der Waals surface area contributed by atoms with E-state index in [-0.39, 0.29) is 13.0 Å². The fourth-order valence-electron chi connectivity index (χ4n) is 0.785. The van der Waals surface area contributed by atoms with E-state index in [1.807, 2.05) is 4.72 Å². The highest BCUT2D eigenvalue weighted by Gasteiger charge is 2.21. The fourth-order valence-corrected chi connectivity index (χ4v) is 1.82. The lowest BCUT2D eigenvalue weighted by atomic mass is 10.2. The maximum Gasteiger partial charge on any atom is 0.322 e. The molecule has 0 aliphatic rings. The molecule has 0 bridgehead atoms. The van der Waals surface area contributed by atoms with Gasteiger partial charge in [0.15, 0.2) is 0 Å². The largest absolute Gasteiger partial charge is 0.480 e. The second-order valence-corrected chi connectivity index (χ2v) is 4.07. The van der Waals surface area contributed by atoms with Gasteiger partial charge < -0.3 is 5.11 Å². The normalized spacial score (nSPS) is 13.5. The molecule has 3 N–H and O–H groups in total. The molecule has 0 aliphatic carbocycles. The Kier molecular flexibility index (Phi) is 5.36. The number of rotatable bonds is 7. The maximum atomic E-state index is 11.1. The van der Waals surface area contributed by atoms with E-state index >= 15 is 0 Å². The van der Waals surface area contributed by atoms with Gasteiger partial charge >= 0.3 is 5.97 Å². The predicted octanol–water partition coefficient (Wildman–Crippen LogP) is -0.540. The lowest BCUT2D eigenvalue weighted by Crippen LogP contribution is -2.46. The topological polar surface area (TPSA) is 95.5 Å². The molecule has 7 heteroatoms. The summed E-state index contributed by atoms with van der Waals surface area (Å²) in [5.74, 6) is -1.23. The van der Waals surface area contributed by atoms with Gasteiger partial charge in [-0.2, -0.15) is 13.1 Å². The quantitative estimate of drug-likeness (QED) is 0.504. The predicted molar refractivity (Wildman–Crippen MR) is 52.0 cm³/mol. The van der Waals surface area contributed by atoms with E-state index in [2.05, 4.69) is 11.3 Å². The van der Waals surface area contributed by atoms with Crippen LogP contribution in [0, 0.1) is 0 Å². The van der Waals surface area contributed by atoms with E-state index in [1.165, 1.54) is 6.08 Å². The van der Waals surface area contributed by atoms with E-state index in [9.17, 15) is 13.2 Å². The minimum atomic E-state index is -3.73. The summed E-state index contributed by atoms with van der Waals surface area (Å²) in [6, 6.07) is -1.17. The first-order valence-corrected chi connectivity index (χ1v) is 5.52. The van der Waals surface area contributed by atoms with Crippen LogP contribution in [0.15, 0.2) is 12.7 Å². The molecule has 6 nitrogen and oxygen atoms in total. The highest BCUT2D eigenvalue weighted by atomic mass is 32.2. The lowest BCUT2D eigenvalue weighted by Gasteiger charge is -2.12. The maximum absolute atomic E-state index is 11.1. The van der Waals surface area contributed by atoms with E-state index in [0.29, 0.717) is 0 Å². The molecule has 1 unspecified atom stereocenters. The molecule has 0 rings (SSSR count). The Balaban J connectivity index is 4.43. The van der Waals surface area contributed by atoms with Crippen LogP contribution in [0.4, 0.5) is 0 Å². The second-order valence-electron chi connectivity index (χ2n) is 2.53. The molecule has 0 spiro atoms. The molecule has 0 aliphatic heterocycles. The molecule has 0 fully saturated rings. The highest BCUT2D eigenvalue weighted by molar-refractivity contribution is 7.87. The van der Waals surface area contributed by atoms with Crippen LogP contribution in [0.1, 0.15) is 13.3 Å². The van der Waals surface area contributed by atoms with E-state index < -0.39 is 22.2 Å². The zero-order valence-corrected chi connectivity index (χ0v) is 8.67. The van der Waals surface area contributed by atoms with Crippen LogP contribution >= 0.6 is 0 Å². The van der Waals surface area contributed by atoms with Crippen LogP contribution in [0.5, 0.6) is 0 Å². The smallest absolute Gasteiger partial charge is 0.322 e. The van der Waals surface area contributed by atoms with Gasteiger partial charge in [0.25, 0.3) is 10.2 Å². The van der Waals surface area contributed by atoms with Crippen LogP contribution in [0.25, 0.3) is 0 Å². The van der Waals surface area contributed by atoms with Crippen LogP contribution < -0.4 is 9.44 Å². The average molecular weight is 222 g/mol. The van der Waals surface area contributed by atoms with Gasteiger partial charge in [-0.15, -0.1) is 6.58 Å². The first kappa shape index (κ1) is 13.1. The lowest BCUT2D eigenvalue weighted by molar-refractivity contribution is -0.138. The van der Waals surface area contributed by atoms with Crippen molar-refractivity contribution in [2.75, 3.05) is 6.54 Å². The van der Waals surface area contributed by atoms with Gasteiger partial charge in [0.1, 0.15) is 6.04 Å². The highest BCUT2D eigenvalue weighted by Crippen LogP contribution is 1.95. The average Bonchev–Trinajstić information content (AvgIpc) is 2.02. The van der Waals surface area contributed by atoms with Crippen molar-refractivity contribution in [3.8, 4) is 0 Å². The number of hydrogen-bond acceptors (Lipinski definition) is 3. The van der Waals surface area contributed by atoms with Gasteiger partial charge in [-0.1, -0.05) is 13.0 Å². The molecule has 14 heavy (non-hydrogen) atoms. The van der Waals surface area contributed by atoms with Crippen molar-refractivity contribution in [3.05, 3.63) is 12.7 Å². The first-order valence-electron chi connectivity index (χ1n) is 4.03. The number of carbonyl (C=O) groups is 1. The third kappa shape index (κ3) is 4.95. The van der Waals surface area contributed by atoms with Gasteiger partial charge in [0.05, 0.1) is 0 Å². The molecule has 1 atom stereocenters. The Morgan fingerprint density at radius 3 is 2.57 bits per heavy atom. The zero-order valence-electron chi connectivity index (χ0n) is 7.86. The minimum absolute atomic E-state index is 0.0416. The minimum Gasteiger partial charge on any atom is -0.480 e. The molecule has 0 heterocycles. The molecular formula is C7H14N2O4S. The third-order valence-corrected chi connectivity index (χ3v) is 2.60. The second kappa shape index (κ2) is 5.74. The van der Waals surface area contributed by atoms with Crippen molar-refractivity contribution in [3.63, 3.8) is 0 Å². The molecule has 82 valence electrons. The molecule has 0 aromatic rings. The SMILES string of the molecule is C=CCC(NS(=O)(=O)NCC)C(=O)O. The summed E-state index contributed by atoms with van der Waals surface area (Å²) < 4.78 is 26.3. The number of nitrogens with one attached hydrogen (secondary N) is 2. The summed E-state index contributed by atoms with van der Waals surface area (Å²) >= 11 is 0. The van der Waals surface area contributed by atoms with E-state index in [1.54, 1.807) is 6.92 Å². The van der Waals surface area contributed by atoms with Crippen molar-refractivity contribution in [1.82, 2.24) is 9.44 Å². The fraction of sp³-hybridized carbons (Fsp3) is 0.571. The van der Waals surface area contributed by atoms with Crippen molar-refractivity contribution < 1.29 is 18.3 Å². The van der Waals surface area contributed by atoms with E-state index in [4.69, 9.17) is 5.11 Å². The Morgan fingerprint density at radius 2 is 2.21 bits per heavy atom. The molecular weight excluding hydrogens is 208 g/mol. The molecule has 0 saturated carbocycles. The van der Waals surface area contributed by atoms with Gasteiger partial charge in [0.2, 0.25) is 0 Å². The van der Waals surface area contributed by atoms with Gasteiger partial charge in [0, 0.05) is 6.54 Å². The molecule has 0 aromatic heterocycles. The monoisotopic (exact) mass is 222 g/mol. The molecule has 0 saturated heterocycles.